The summed E-state index contributed by atoms with van der Waals surface area (Å²) in [6.07, 6.45) is 1.73. The lowest BCUT2D eigenvalue weighted by Gasteiger charge is -2.05. The number of carbonyl (C=O) groups excluding carboxylic acids is 2. The highest BCUT2D eigenvalue weighted by Crippen LogP contribution is 1.85. The van der Waals surface area contributed by atoms with Crippen molar-refractivity contribution in [2.75, 3.05) is 26.3 Å². The van der Waals surface area contributed by atoms with Crippen LogP contribution < -0.4 is 10.6 Å². The van der Waals surface area contributed by atoms with Crippen LogP contribution >= 0.6 is 0 Å². The van der Waals surface area contributed by atoms with Crippen molar-refractivity contribution in [3.63, 3.8) is 0 Å². The average Bonchev–Trinajstić information content (AvgIpc) is 2.44. The van der Waals surface area contributed by atoms with Crippen molar-refractivity contribution < 1.29 is 14.3 Å². The van der Waals surface area contributed by atoms with Gasteiger partial charge in [-0.1, -0.05) is 27.7 Å². The highest BCUT2D eigenvalue weighted by atomic mass is 16.5. The maximum absolute atomic E-state index is 11.0. The number of nitrogens with one attached hydrogen (secondary N) is 2. The van der Waals surface area contributed by atoms with E-state index in [1.54, 1.807) is 0 Å². The summed E-state index contributed by atoms with van der Waals surface area (Å²) >= 11 is 0. The first-order chi connectivity index (χ1) is 9.16. The first-order valence-corrected chi connectivity index (χ1v) is 7.25. The third kappa shape index (κ3) is 26.5. The summed E-state index contributed by atoms with van der Waals surface area (Å²) < 4.78 is 4.94. The molecule has 0 aromatic carbocycles. The maximum Gasteiger partial charge on any atom is 0.245 e. The second kappa shape index (κ2) is 22.1. The fourth-order valence-electron chi connectivity index (χ4n) is 0.988. The monoisotopic (exact) mass is 276 g/mol. The Bertz CT molecular complexity index is 197. The van der Waals surface area contributed by atoms with Crippen molar-refractivity contribution in [3.05, 3.63) is 0 Å². The molecule has 2 N–H and O–H groups in total. The summed E-state index contributed by atoms with van der Waals surface area (Å²) in [5.74, 6) is -0.105. The molecule has 0 rings (SSSR count). The summed E-state index contributed by atoms with van der Waals surface area (Å²) in [5.41, 5.74) is 0. The molecule has 0 radical (unpaired) electrons. The lowest BCUT2D eigenvalue weighted by molar-refractivity contribution is -0.125. The Morgan fingerprint density at radius 2 is 1.42 bits per heavy atom. The quantitative estimate of drug-likeness (QED) is 0.667. The lowest BCUT2D eigenvalue weighted by Crippen LogP contribution is -2.29. The lowest BCUT2D eigenvalue weighted by atomic mass is 10.3. The van der Waals surface area contributed by atoms with E-state index < -0.39 is 0 Å². The topological polar surface area (TPSA) is 67.4 Å². The number of carbonyl (C=O) groups is 2. The van der Waals surface area contributed by atoms with Gasteiger partial charge in [-0.25, -0.2) is 0 Å². The Balaban J connectivity index is -0.000000579. The third-order valence-electron chi connectivity index (χ3n) is 1.74. The van der Waals surface area contributed by atoms with Gasteiger partial charge in [0.15, 0.2) is 0 Å². The first-order valence-electron chi connectivity index (χ1n) is 7.25. The van der Waals surface area contributed by atoms with Crippen molar-refractivity contribution in [2.45, 2.75) is 54.4 Å². The van der Waals surface area contributed by atoms with E-state index in [1.165, 1.54) is 6.92 Å². The number of hydrogen-bond acceptors (Lipinski definition) is 3. The van der Waals surface area contributed by atoms with Crippen LogP contribution in [0, 0.1) is 0 Å². The SMILES string of the molecule is CC.CC.CCOCC(=O)NCCCCNC(C)=O. The minimum absolute atomic E-state index is 0.0182. The largest absolute Gasteiger partial charge is 0.372 e. The van der Waals surface area contributed by atoms with Gasteiger partial charge in [-0.15, -0.1) is 0 Å². The molecule has 19 heavy (non-hydrogen) atoms. The zero-order chi connectivity index (χ0) is 15.5. The molecular formula is C14H32N2O3. The van der Waals surface area contributed by atoms with Gasteiger partial charge in [0.2, 0.25) is 11.8 Å². The summed E-state index contributed by atoms with van der Waals surface area (Å²) in [4.78, 5) is 21.5. The van der Waals surface area contributed by atoms with Crippen LogP contribution in [-0.4, -0.2) is 38.1 Å². The van der Waals surface area contributed by atoms with E-state index in [0.717, 1.165) is 12.8 Å². The molecule has 0 bridgehead atoms. The summed E-state index contributed by atoms with van der Waals surface area (Å²) in [6.45, 7) is 13.3. The van der Waals surface area contributed by atoms with Crippen LogP contribution in [0.5, 0.6) is 0 Å². The molecule has 0 aliphatic carbocycles. The molecule has 0 aliphatic rings. The molecule has 0 unspecified atom stereocenters. The van der Waals surface area contributed by atoms with E-state index in [9.17, 15) is 9.59 Å². The van der Waals surface area contributed by atoms with Crippen LogP contribution in [0.15, 0.2) is 0 Å². The summed E-state index contributed by atoms with van der Waals surface area (Å²) in [5, 5.41) is 5.42. The van der Waals surface area contributed by atoms with Gasteiger partial charge in [-0.3, -0.25) is 9.59 Å². The van der Waals surface area contributed by atoms with Crippen LogP contribution in [0.4, 0.5) is 0 Å². The number of ether oxygens (including phenoxy) is 1. The fourth-order valence-corrected chi connectivity index (χ4v) is 0.988. The van der Waals surface area contributed by atoms with Crippen molar-refractivity contribution in [3.8, 4) is 0 Å². The molecule has 0 atom stereocenters. The van der Waals surface area contributed by atoms with Gasteiger partial charge >= 0.3 is 0 Å². The molecule has 0 aromatic heterocycles. The van der Waals surface area contributed by atoms with Crippen LogP contribution in [0.3, 0.4) is 0 Å². The third-order valence-corrected chi connectivity index (χ3v) is 1.74. The van der Waals surface area contributed by atoms with Crippen LogP contribution in [-0.2, 0) is 14.3 Å². The van der Waals surface area contributed by atoms with E-state index >= 15 is 0 Å². The summed E-state index contributed by atoms with van der Waals surface area (Å²) in [6, 6.07) is 0. The Morgan fingerprint density at radius 1 is 0.947 bits per heavy atom. The van der Waals surface area contributed by atoms with E-state index in [1.807, 2.05) is 34.6 Å². The molecule has 0 fully saturated rings. The number of amides is 2. The molecular weight excluding hydrogens is 244 g/mol. The van der Waals surface area contributed by atoms with Gasteiger partial charge < -0.3 is 15.4 Å². The second-order valence-electron chi connectivity index (χ2n) is 3.18. The minimum atomic E-state index is -0.0867. The molecule has 0 saturated heterocycles. The molecule has 0 aliphatic heterocycles. The van der Waals surface area contributed by atoms with E-state index in [0.29, 0.717) is 19.7 Å². The standard InChI is InChI=1S/C10H20N2O3.2C2H6/c1-3-15-8-10(14)12-7-5-4-6-11-9(2)13;2*1-2/h3-8H2,1-2H3,(H,11,13)(H,12,14);2*1-2H3. The van der Waals surface area contributed by atoms with Crippen LogP contribution in [0.1, 0.15) is 54.4 Å². The molecule has 116 valence electrons. The van der Waals surface area contributed by atoms with Crippen molar-refractivity contribution in [1.82, 2.24) is 10.6 Å². The van der Waals surface area contributed by atoms with Gasteiger partial charge in [-0.2, -0.15) is 0 Å². The molecule has 5 heteroatoms. The minimum Gasteiger partial charge on any atom is -0.372 e. The fraction of sp³-hybridized carbons (Fsp3) is 0.857. The van der Waals surface area contributed by atoms with Gasteiger partial charge in [0.05, 0.1) is 0 Å². The normalized spacial score (nSPS) is 8.32. The van der Waals surface area contributed by atoms with Gasteiger partial charge in [0, 0.05) is 26.6 Å². The number of unbranched alkanes of at least 4 members (excludes halogenated alkanes) is 1. The van der Waals surface area contributed by atoms with E-state index in [2.05, 4.69) is 10.6 Å². The Hall–Kier alpha value is -1.10. The highest BCUT2D eigenvalue weighted by Gasteiger charge is 1.98. The molecule has 2 amide bonds. The van der Waals surface area contributed by atoms with E-state index in [4.69, 9.17) is 4.74 Å². The summed E-state index contributed by atoms with van der Waals surface area (Å²) in [7, 11) is 0. The predicted octanol–water partition coefficient (Wildman–Crippen LogP) is 2.11. The van der Waals surface area contributed by atoms with Crippen molar-refractivity contribution in [2.24, 2.45) is 0 Å². The van der Waals surface area contributed by atoms with Gasteiger partial charge in [0.1, 0.15) is 6.61 Å². The molecule has 0 saturated carbocycles. The molecule has 5 nitrogen and oxygen atoms in total. The van der Waals surface area contributed by atoms with E-state index in [-0.39, 0.29) is 18.4 Å². The zero-order valence-corrected chi connectivity index (χ0v) is 13.5. The second-order valence-corrected chi connectivity index (χ2v) is 3.18. The van der Waals surface area contributed by atoms with Crippen molar-refractivity contribution in [1.29, 1.82) is 0 Å². The average molecular weight is 276 g/mol. The Kier molecular flexibility index (Phi) is 26.8. The zero-order valence-electron chi connectivity index (χ0n) is 13.5. The Labute approximate surface area is 118 Å². The van der Waals surface area contributed by atoms with Crippen molar-refractivity contribution >= 4 is 11.8 Å². The number of rotatable bonds is 8. The van der Waals surface area contributed by atoms with Gasteiger partial charge in [0.25, 0.3) is 0 Å². The van der Waals surface area contributed by atoms with Crippen LogP contribution in [0.2, 0.25) is 0 Å². The smallest absolute Gasteiger partial charge is 0.245 e. The molecule has 0 aromatic rings. The van der Waals surface area contributed by atoms with Gasteiger partial charge in [-0.05, 0) is 19.8 Å². The first kappa shape index (κ1) is 23.0. The molecule has 0 spiro atoms. The maximum atomic E-state index is 11.0. The van der Waals surface area contributed by atoms with Crippen LogP contribution in [0.25, 0.3) is 0 Å². The predicted molar refractivity (Wildman–Crippen MR) is 80.1 cm³/mol. The molecule has 0 heterocycles. The number of hydrogen-bond donors (Lipinski definition) is 2. The highest BCUT2D eigenvalue weighted by molar-refractivity contribution is 5.77. The Morgan fingerprint density at radius 3 is 1.84 bits per heavy atom.